The molecule has 0 radical (unpaired) electrons. The van der Waals surface area contributed by atoms with Crippen molar-refractivity contribution >= 4 is 15.7 Å². The minimum Gasteiger partial charge on any atom is -0.490 e. The van der Waals surface area contributed by atoms with Crippen LogP contribution in [0.1, 0.15) is 13.8 Å². The van der Waals surface area contributed by atoms with Gasteiger partial charge in [0.2, 0.25) is 10.0 Å². The zero-order valence-corrected chi connectivity index (χ0v) is 13.2. The molecule has 1 heterocycles. The number of rotatable bonds is 5. The lowest BCUT2D eigenvalue weighted by Gasteiger charge is -2.35. The van der Waals surface area contributed by atoms with Crippen molar-refractivity contribution in [3.8, 4) is 5.75 Å². The number of sulfonamides is 1. The van der Waals surface area contributed by atoms with Crippen LogP contribution in [0.5, 0.6) is 5.75 Å². The molecule has 1 aliphatic rings. The normalized spacial score (nSPS) is 23.9. The topological polar surface area (TPSA) is 81.9 Å². The summed E-state index contributed by atoms with van der Waals surface area (Å²) < 4.78 is 37.2. The molecule has 0 aliphatic carbocycles. The number of hydrogen-bond acceptors (Lipinski definition) is 5. The van der Waals surface area contributed by atoms with Gasteiger partial charge in [0.15, 0.2) is 0 Å². The average molecular weight is 314 g/mol. The van der Waals surface area contributed by atoms with Crippen LogP contribution < -0.4 is 10.5 Å². The quantitative estimate of drug-likeness (QED) is 0.823. The monoisotopic (exact) mass is 314 g/mol. The Morgan fingerprint density at radius 2 is 2.10 bits per heavy atom. The molecule has 1 saturated heterocycles. The van der Waals surface area contributed by atoms with Gasteiger partial charge in [-0.05, 0) is 26.0 Å². The maximum absolute atomic E-state index is 12.4. The largest absolute Gasteiger partial charge is 0.490 e. The zero-order chi connectivity index (χ0) is 15.5. The van der Waals surface area contributed by atoms with Crippen LogP contribution in [0.4, 0.5) is 5.69 Å². The highest BCUT2D eigenvalue weighted by Crippen LogP contribution is 2.20. The van der Waals surface area contributed by atoms with E-state index in [1.165, 1.54) is 4.31 Å². The van der Waals surface area contributed by atoms with Crippen LogP contribution in [0.2, 0.25) is 0 Å². The molecule has 0 amide bonds. The summed E-state index contributed by atoms with van der Waals surface area (Å²) >= 11 is 0. The van der Waals surface area contributed by atoms with E-state index in [0.717, 1.165) is 0 Å². The molecule has 1 aromatic carbocycles. The molecule has 0 spiro atoms. The highest BCUT2D eigenvalue weighted by atomic mass is 32.2. The van der Waals surface area contributed by atoms with Crippen molar-refractivity contribution in [2.45, 2.75) is 26.0 Å². The third-order valence-corrected chi connectivity index (χ3v) is 5.33. The summed E-state index contributed by atoms with van der Waals surface area (Å²) in [5.41, 5.74) is 6.26. The highest BCUT2D eigenvalue weighted by molar-refractivity contribution is 7.89. The van der Waals surface area contributed by atoms with Crippen LogP contribution in [0.15, 0.2) is 24.3 Å². The number of nitrogens with zero attached hydrogens (tertiary/aromatic N) is 1. The van der Waals surface area contributed by atoms with E-state index < -0.39 is 10.0 Å². The minimum absolute atomic E-state index is 0.0710. The first-order chi connectivity index (χ1) is 9.90. The number of nitrogens with two attached hydrogens (primary N) is 1. The standard InChI is InChI=1S/C14H22N2O4S/c1-11-10-20-12(2)9-16(11)21(17,18)8-7-19-14-6-4-3-5-13(14)15/h3-6,11-12H,7-10,15H2,1-2H3. The second-order valence-corrected chi connectivity index (χ2v) is 7.31. The van der Waals surface area contributed by atoms with Gasteiger partial charge < -0.3 is 15.2 Å². The van der Waals surface area contributed by atoms with Crippen LogP contribution in [0.25, 0.3) is 0 Å². The summed E-state index contributed by atoms with van der Waals surface area (Å²) in [4.78, 5) is 0. The molecular weight excluding hydrogens is 292 g/mol. The van der Waals surface area contributed by atoms with Gasteiger partial charge in [0, 0.05) is 12.6 Å². The number of hydrogen-bond donors (Lipinski definition) is 1. The molecule has 7 heteroatoms. The number of benzene rings is 1. The number of anilines is 1. The van der Waals surface area contributed by atoms with Gasteiger partial charge >= 0.3 is 0 Å². The van der Waals surface area contributed by atoms with Crippen molar-refractivity contribution in [1.82, 2.24) is 4.31 Å². The van der Waals surface area contributed by atoms with Gasteiger partial charge in [0.05, 0.1) is 24.2 Å². The molecule has 1 aromatic rings. The Balaban J connectivity index is 1.93. The lowest BCUT2D eigenvalue weighted by molar-refractivity contribution is -0.0171. The molecule has 1 fully saturated rings. The fraction of sp³-hybridized carbons (Fsp3) is 0.571. The molecule has 0 saturated carbocycles. The first-order valence-electron chi connectivity index (χ1n) is 6.98. The third-order valence-electron chi connectivity index (χ3n) is 3.43. The molecular formula is C14H22N2O4S. The molecule has 2 atom stereocenters. The van der Waals surface area contributed by atoms with Crippen molar-refractivity contribution in [3.05, 3.63) is 24.3 Å². The summed E-state index contributed by atoms with van der Waals surface area (Å²) in [6, 6.07) is 6.89. The van der Waals surface area contributed by atoms with Gasteiger partial charge in [-0.15, -0.1) is 0 Å². The summed E-state index contributed by atoms with van der Waals surface area (Å²) in [5.74, 6) is 0.439. The van der Waals surface area contributed by atoms with Crippen LogP contribution in [0.3, 0.4) is 0 Å². The first-order valence-corrected chi connectivity index (χ1v) is 8.59. The number of ether oxygens (including phenoxy) is 2. The van der Waals surface area contributed by atoms with Crippen molar-refractivity contribution in [2.24, 2.45) is 0 Å². The van der Waals surface area contributed by atoms with Crippen LogP contribution in [-0.2, 0) is 14.8 Å². The zero-order valence-electron chi connectivity index (χ0n) is 12.4. The molecule has 0 aromatic heterocycles. The van der Waals surface area contributed by atoms with Crippen molar-refractivity contribution in [1.29, 1.82) is 0 Å². The second kappa shape index (κ2) is 6.64. The molecule has 1 aliphatic heterocycles. The molecule has 2 rings (SSSR count). The van der Waals surface area contributed by atoms with Gasteiger partial charge in [-0.3, -0.25) is 0 Å². The van der Waals surface area contributed by atoms with E-state index in [-0.39, 0.29) is 24.5 Å². The molecule has 118 valence electrons. The summed E-state index contributed by atoms with van der Waals surface area (Å²) in [6.45, 7) is 4.61. The maximum atomic E-state index is 12.4. The Morgan fingerprint density at radius 3 is 2.81 bits per heavy atom. The van der Waals surface area contributed by atoms with Gasteiger partial charge in [-0.1, -0.05) is 12.1 Å². The lowest BCUT2D eigenvalue weighted by atomic mass is 10.2. The van der Waals surface area contributed by atoms with E-state index in [0.29, 0.717) is 24.6 Å². The number of morpholine rings is 1. The van der Waals surface area contributed by atoms with E-state index in [1.807, 2.05) is 13.8 Å². The Bertz CT molecular complexity index is 576. The Kier molecular flexibility index (Phi) is 5.08. The van der Waals surface area contributed by atoms with Crippen molar-refractivity contribution < 1.29 is 17.9 Å². The lowest BCUT2D eigenvalue weighted by Crippen LogP contribution is -2.51. The molecule has 2 unspecified atom stereocenters. The molecule has 2 N–H and O–H groups in total. The van der Waals surface area contributed by atoms with Crippen molar-refractivity contribution in [3.63, 3.8) is 0 Å². The molecule has 21 heavy (non-hydrogen) atoms. The average Bonchev–Trinajstić information content (AvgIpc) is 2.43. The fourth-order valence-corrected chi connectivity index (χ4v) is 3.82. The fourth-order valence-electron chi connectivity index (χ4n) is 2.25. The molecule has 6 nitrogen and oxygen atoms in total. The van der Waals surface area contributed by atoms with Gasteiger partial charge in [-0.2, -0.15) is 4.31 Å². The van der Waals surface area contributed by atoms with Gasteiger partial charge in [-0.25, -0.2) is 8.42 Å². The smallest absolute Gasteiger partial charge is 0.217 e. The Labute approximate surface area is 125 Å². The molecule has 0 bridgehead atoms. The predicted molar refractivity (Wildman–Crippen MR) is 81.7 cm³/mol. The predicted octanol–water partition coefficient (Wildman–Crippen LogP) is 1.09. The van der Waals surface area contributed by atoms with E-state index in [1.54, 1.807) is 24.3 Å². The van der Waals surface area contributed by atoms with Gasteiger partial charge in [0.1, 0.15) is 12.4 Å². The summed E-state index contributed by atoms with van der Waals surface area (Å²) in [6.07, 6.45) is -0.0818. The van der Waals surface area contributed by atoms with Gasteiger partial charge in [0.25, 0.3) is 0 Å². The first kappa shape index (κ1) is 16.1. The number of para-hydroxylation sites is 2. The SMILES string of the molecule is CC1CN(S(=O)(=O)CCOc2ccccc2N)C(C)CO1. The second-order valence-electron chi connectivity index (χ2n) is 5.26. The maximum Gasteiger partial charge on any atom is 0.217 e. The van der Waals surface area contributed by atoms with Crippen LogP contribution in [0, 0.1) is 0 Å². The summed E-state index contributed by atoms with van der Waals surface area (Å²) in [5, 5.41) is 0. The Hall–Kier alpha value is -1.31. The van der Waals surface area contributed by atoms with Crippen LogP contribution >= 0.6 is 0 Å². The summed E-state index contributed by atoms with van der Waals surface area (Å²) in [7, 11) is -3.36. The van der Waals surface area contributed by atoms with E-state index >= 15 is 0 Å². The Morgan fingerprint density at radius 1 is 1.38 bits per heavy atom. The van der Waals surface area contributed by atoms with E-state index in [4.69, 9.17) is 15.2 Å². The van der Waals surface area contributed by atoms with E-state index in [2.05, 4.69) is 0 Å². The highest BCUT2D eigenvalue weighted by Gasteiger charge is 2.32. The minimum atomic E-state index is -3.36. The van der Waals surface area contributed by atoms with E-state index in [9.17, 15) is 8.42 Å². The third kappa shape index (κ3) is 4.09. The number of nitrogen functional groups attached to an aromatic ring is 1. The van der Waals surface area contributed by atoms with Crippen molar-refractivity contribution in [2.75, 3.05) is 31.2 Å². The van der Waals surface area contributed by atoms with Crippen LogP contribution in [-0.4, -0.2) is 50.4 Å².